The Morgan fingerprint density at radius 3 is 2.72 bits per heavy atom. The number of sulfonamides is 1. The summed E-state index contributed by atoms with van der Waals surface area (Å²) in [6, 6.07) is 11.4. The third-order valence-corrected chi connectivity index (χ3v) is 6.95. The van der Waals surface area contributed by atoms with Crippen LogP contribution in [0.4, 0.5) is 11.4 Å². The topological polar surface area (TPSA) is 102 Å². The highest BCUT2D eigenvalue weighted by Gasteiger charge is 2.30. The fourth-order valence-corrected chi connectivity index (χ4v) is 5.14. The summed E-state index contributed by atoms with van der Waals surface area (Å²) in [5, 5.41) is 14.6. The molecular formula is C20H25N3O5S. The molecule has 0 radical (unpaired) electrons. The van der Waals surface area contributed by atoms with Crippen molar-refractivity contribution in [2.75, 3.05) is 25.5 Å². The summed E-state index contributed by atoms with van der Waals surface area (Å²) in [4.78, 5) is 11.0. The van der Waals surface area contributed by atoms with Crippen LogP contribution in [0.2, 0.25) is 0 Å². The maximum absolute atomic E-state index is 12.9. The number of anilines is 1. The fraction of sp³-hybridized carbons (Fsp3) is 0.400. The lowest BCUT2D eigenvalue weighted by atomic mass is 10.0. The monoisotopic (exact) mass is 419 g/mol. The Bertz CT molecular complexity index is 993. The average Bonchev–Trinajstić information content (AvgIpc) is 2.72. The van der Waals surface area contributed by atoms with Crippen LogP contribution in [0.25, 0.3) is 0 Å². The summed E-state index contributed by atoms with van der Waals surface area (Å²) in [6.07, 6.45) is 1.78. The van der Waals surface area contributed by atoms with Crippen molar-refractivity contribution in [3.8, 4) is 5.75 Å². The minimum Gasteiger partial charge on any atom is -0.496 e. The number of rotatable bonds is 7. The molecule has 0 saturated carbocycles. The molecule has 3 rings (SSSR count). The van der Waals surface area contributed by atoms with Crippen molar-refractivity contribution in [1.82, 2.24) is 4.31 Å². The number of benzene rings is 2. The van der Waals surface area contributed by atoms with E-state index in [9.17, 15) is 18.5 Å². The number of methoxy groups -OCH3 is 1. The number of ether oxygens (including phenoxy) is 1. The minimum atomic E-state index is -3.76. The summed E-state index contributed by atoms with van der Waals surface area (Å²) in [5.74, 6) is 0.941. The summed E-state index contributed by atoms with van der Waals surface area (Å²) in [6.45, 7) is 3.19. The number of piperidine rings is 1. The van der Waals surface area contributed by atoms with E-state index in [1.54, 1.807) is 13.2 Å². The van der Waals surface area contributed by atoms with Crippen molar-refractivity contribution >= 4 is 21.4 Å². The van der Waals surface area contributed by atoms with E-state index in [4.69, 9.17) is 4.74 Å². The second-order valence-corrected chi connectivity index (χ2v) is 9.15. The summed E-state index contributed by atoms with van der Waals surface area (Å²) < 4.78 is 32.6. The van der Waals surface area contributed by atoms with Crippen molar-refractivity contribution in [2.45, 2.75) is 31.2 Å². The summed E-state index contributed by atoms with van der Waals surface area (Å²) >= 11 is 0. The zero-order valence-corrected chi connectivity index (χ0v) is 17.3. The first-order valence-corrected chi connectivity index (χ1v) is 10.9. The Kier molecular flexibility index (Phi) is 6.39. The van der Waals surface area contributed by atoms with Crippen molar-refractivity contribution in [3.05, 3.63) is 58.1 Å². The predicted octanol–water partition coefficient (Wildman–Crippen LogP) is 3.64. The van der Waals surface area contributed by atoms with Gasteiger partial charge in [-0.2, -0.15) is 4.31 Å². The summed E-state index contributed by atoms with van der Waals surface area (Å²) in [5.41, 5.74) is 0.821. The van der Waals surface area contributed by atoms with E-state index in [0.29, 0.717) is 25.4 Å². The highest BCUT2D eigenvalue weighted by molar-refractivity contribution is 7.89. The Labute approximate surface area is 170 Å². The zero-order valence-electron chi connectivity index (χ0n) is 16.5. The molecule has 29 heavy (non-hydrogen) atoms. The molecule has 2 aromatic rings. The van der Waals surface area contributed by atoms with Gasteiger partial charge in [-0.25, -0.2) is 8.42 Å². The molecule has 9 heteroatoms. The van der Waals surface area contributed by atoms with Crippen LogP contribution >= 0.6 is 0 Å². The molecule has 1 heterocycles. The van der Waals surface area contributed by atoms with Gasteiger partial charge in [0.05, 0.1) is 16.9 Å². The SMILES string of the molecule is COc1ccccc1CNc1ccc(S(=O)(=O)N2CCC[C@H](C)C2)cc1[N+](=O)[O-]. The van der Waals surface area contributed by atoms with Crippen LogP contribution in [0.3, 0.4) is 0 Å². The van der Waals surface area contributed by atoms with Gasteiger partial charge >= 0.3 is 0 Å². The van der Waals surface area contributed by atoms with Gasteiger partial charge in [0.1, 0.15) is 11.4 Å². The van der Waals surface area contributed by atoms with Crippen LogP contribution in [-0.2, 0) is 16.6 Å². The van der Waals surface area contributed by atoms with Crippen molar-refractivity contribution in [2.24, 2.45) is 5.92 Å². The highest BCUT2D eigenvalue weighted by atomic mass is 32.2. The molecule has 0 spiro atoms. The lowest BCUT2D eigenvalue weighted by molar-refractivity contribution is -0.384. The van der Waals surface area contributed by atoms with E-state index in [2.05, 4.69) is 5.32 Å². The van der Waals surface area contributed by atoms with E-state index in [-0.39, 0.29) is 22.2 Å². The average molecular weight is 420 g/mol. The fourth-order valence-electron chi connectivity index (χ4n) is 3.53. The van der Waals surface area contributed by atoms with E-state index < -0.39 is 14.9 Å². The molecule has 1 atom stereocenters. The van der Waals surface area contributed by atoms with Gasteiger partial charge in [0.2, 0.25) is 10.0 Å². The Morgan fingerprint density at radius 1 is 1.28 bits per heavy atom. The molecule has 0 aliphatic carbocycles. The molecule has 0 aromatic heterocycles. The lowest BCUT2D eigenvalue weighted by Crippen LogP contribution is -2.39. The molecule has 0 amide bonds. The number of nitrogens with zero attached hydrogens (tertiary/aromatic N) is 2. The van der Waals surface area contributed by atoms with E-state index in [0.717, 1.165) is 24.5 Å². The van der Waals surface area contributed by atoms with Crippen LogP contribution in [0.1, 0.15) is 25.3 Å². The zero-order chi connectivity index (χ0) is 21.0. The van der Waals surface area contributed by atoms with Crippen LogP contribution in [-0.4, -0.2) is 37.8 Å². The quantitative estimate of drug-likeness (QED) is 0.543. The van der Waals surface area contributed by atoms with Crippen molar-refractivity contribution in [3.63, 3.8) is 0 Å². The maximum Gasteiger partial charge on any atom is 0.293 e. The van der Waals surface area contributed by atoms with Gasteiger partial charge in [-0.3, -0.25) is 10.1 Å². The maximum atomic E-state index is 12.9. The number of para-hydroxylation sites is 1. The molecule has 156 valence electrons. The predicted molar refractivity (Wildman–Crippen MR) is 111 cm³/mol. The molecule has 0 unspecified atom stereocenters. The van der Waals surface area contributed by atoms with Crippen LogP contribution in [0.5, 0.6) is 5.75 Å². The molecule has 1 saturated heterocycles. The van der Waals surface area contributed by atoms with Gasteiger partial charge in [0, 0.05) is 31.3 Å². The van der Waals surface area contributed by atoms with Gasteiger partial charge < -0.3 is 10.1 Å². The van der Waals surface area contributed by atoms with Crippen molar-refractivity contribution in [1.29, 1.82) is 0 Å². The largest absolute Gasteiger partial charge is 0.496 e. The third-order valence-electron chi connectivity index (χ3n) is 5.09. The number of nitro benzene ring substituents is 1. The van der Waals surface area contributed by atoms with Crippen molar-refractivity contribution < 1.29 is 18.1 Å². The van der Waals surface area contributed by atoms with Gasteiger partial charge in [-0.1, -0.05) is 25.1 Å². The molecule has 1 aliphatic heterocycles. The summed E-state index contributed by atoms with van der Waals surface area (Å²) in [7, 11) is -2.21. The van der Waals surface area contributed by atoms with Gasteiger partial charge in [0.25, 0.3) is 5.69 Å². The van der Waals surface area contributed by atoms with Crippen LogP contribution < -0.4 is 10.1 Å². The van der Waals surface area contributed by atoms with E-state index in [1.807, 2.05) is 25.1 Å². The third kappa shape index (κ3) is 4.68. The lowest BCUT2D eigenvalue weighted by Gasteiger charge is -2.30. The van der Waals surface area contributed by atoms with Gasteiger partial charge in [-0.15, -0.1) is 0 Å². The smallest absolute Gasteiger partial charge is 0.293 e. The normalized spacial score (nSPS) is 17.7. The number of hydrogen-bond donors (Lipinski definition) is 1. The van der Waals surface area contributed by atoms with E-state index >= 15 is 0 Å². The second kappa shape index (κ2) is 8.79. The second-order valence-electron chi connectivity index (χ2n) is 7.21. The van der Waals surface area contributed by atoms with Gasteiger partial charge in [-0.05, 0) is 37.0 Å². The number of hydrogen-bond acceptors (Lipinski definition) is 6. The molecule has 2 aromatic carbocycles. The first-order chi connectivity index (χ1) is 13.8. The molecule has 1 aliphatic rings. The van der Waals surface area contributed by atoms with E-state index in [1.165, 1.54) is 16.4 Å². The highest BCUT2D eigenvalue weighted by Crippen LogP contribution is 2.31. The number of nitro groups is 1. The minimum absolute atomic E-state index is 0.0545. The molecule has 8 nitrogen and oxygen atoms in total. The van der Waals surface area contributed by atoms with Crippen LogP contribution in [0.15, 0.2) is 47.4 Å². The molecule has 1 N–H and O–H groups in total. The van der Waals surface area contributed by atoms with Gasteiger partial charge in [0.15, 0.2) is 0 Å². The Hall–Kier alpha value is -2.65. The Morgan fingerprint density at radius 2 is 2.03 bits per heavy atom. The first kappa shape index (κ1) is 21.1. The standard InChI is InChI=1S/C20H25N3O5S/c1-15-6-5-11-22(14-15)29(26,27)17-9-10-18(19(12-17)23(24)25)21-13-16-7-3-4-8-20(16)28-2/h3-4,7-10,12,15,21H,5-6,11,13-14H2,1-2H3/t15-/m0/s1. The number of nitrogens with one attached hydrogen (secondary N) is 1. The molecule has 0 bridgehead atoms. The Balaban J connectivity index is 1.86. The molecule has 1 fully saturated rings. The first-order valence-electron chi connectivity index (χ1n) is 9.47. The molecular weight excluding hydrogens is 394 g/mol. The van der Waals surface area contributed by atoms with Crippen LogP contribution in [0, 0.1) is 16.0 Å².